The summed E-state index contributed by atoms with van der Waals surface area (Å²) in [5.74, 6) is 0.557. The average Bonchev–Trinajstić information content (AvgIpc) is 3.55. The van der Waals surface area contributed by atoms with Crippen molar-refractivity contribution in [3.8, 4) is 11.5 Å². The number of benzene rings is 2. The maximum Gasteiger partial charge on any atom is 0.410 e. The van der Waals surface area contributed by atoms with Gasteiger partial charge >= 0.3 is 6.18 Å². The number of carbonyl (C=O) groups is 1. The van der Waals surface area contributed by atoms with Crippen LogP contribution in [-0.4, -0.2) is 45.9 Å². The highest BCUT2D eigenvalue weighted by atomic mass is 19.4. The molecule has 2 aromatic heterocycles. The number of hydrogen-bond acceptors (Lipinski definition) is 6. The largest absolute Gasteiger partial charge is 0.493 e. The molecule has 1 amide bonds. The Morgan fingerprint density at radius 1 is 1.08 bits per heavy atom. The molecule has 3 heterocycles. The van der Waals surface area contributed by atoms with Gasteiger partial charge in [0.05, 0.1) is 26.8 Å². The number of alkyl halides is 3. The van der Waals surface area contributed by atoms with E-state index in [1.165, 1.54) is 20.3 Å². The zero-order valence-electron chi connectivity index (χ0n) is 21.5. The van der Waals surface area contributed by atoms with Crippen molar-refractivity contribution in [2.45, 2.75) is 38.1 Å². The van der Waals surface area contributed by atoms with E-state index in [-0.39, 0.29) is 23.8 Å². The highest BCUT2D eigenvalue weighted by molar-refractivity contribution is 6.02. The van der Waals surface area contributed by atoms with Crippen LogP contribution in [0.3, 0.4) is 0 Å². The highest BCUT2D eigenvalue weighted by Crippen LogP contribution is 2.44. The molecule has 0 bridgehead atoms. The zero-order valence-corrected chi connectivity index (χ0v) is 21.5. The monoisotopic (exact) mass is 540 g/mol. The Kier molecular flexibility index (Phi) is 6.94. The number of methoxy groups -OCH3 is 2. The first-order valence-corrected chi connectivity index (χ1v) is 12.2. The third-order valence-corrected chi connectivity index (χ3v) is 6.71. The molecule has 1 aliphatic heterocycles. The van der Waals surface area contributed by atoms with Gasteiger partial charge in [-0.1, -0.05) is 30.3 Å². The molecule has 0 spiro atoms. The summed E-state index contributed by atoms with van der Waals surface area (Å²) in [4.78, 5) is 12.9. The third kappa shape index (κ3) is 5.40. The molecule has 5 rings (SSSR count). The molecular weight excluding hydrogens is 513 g/mol. The number of fused-ring (bicyclic) bond motifs is 1. The lowest BCUT2D eigenvalue weighted by Crippen LogP contribution is -2.35. The maximum absolute atomic E-state index is 14.1. The van der Waals surface area contributed by atoms with E-state index in [1.54, 1.807) is 35.1 Å². The van der Waals surface area contributed by atoms with E-state index in [0.29, 0.717) is 23.6 Å². The topological polar surface area (TPSA) is 95.2 Å². The van der Waals surface area contributed by atoms with Gasteiger partial charge in [0.25, 0.3) is 5.91 Å². The van der Waals surface area contributed by atoms with Crippen LogP contribution in [0.15, 0.2) is 60.8 Å². The van der Waals surface area contributed by atoms with Gasteiger partial charge in [0, 0.05) is 24.8 Å². The molecule has 0 fully saturated rings. The van der Waals surface area contributed by atoms with Crippen LogP contribution in [-0.2, 0) is 6.54 Å². The number of aryl methyl sites for hydroxylation is 1. The van der Waals surface area contributed by atoms with Gasteiger partial charge in [0.1, 0.15) is 5.82 Å². The molecule has 204 valence electrons. The van der Waals surface area contributed by atoms with Crippen LogP contribution in [0.5, 0.6) is 11.5 Å². The van der Waals surface area contributed by atoms with Crippen LogP contribution in [0.1, 0.15) is 45.7 Å². The molecule has 0 unspecified atom stereocenters. The fraction of sp³-hybridized carbons (Fsp3) is 0.296. The normalized spacial score (nSPS) is 16.8. The van der Waals surface area contributed by atoms with Gasteiger partial charge in [0.15, 0.2) is 29.1 Å². The van der Waals surface area contributed by atoms with Gasteiger partial charge in [-0.3, -0.25) is 9.48 Å². The second-order valence-electron chi connectivity index (χ2n) is 9.24. The smallest absolute Gasteiger partial charge is 0.410 e. The second-order valence-corrected chi connectivity index (χ2v) is 9.24. The minimum Gasteiger partial charge on any atom is -0.493 e. The Balaban J connectivity index is 1.36. The van der Waals surface area contributed by atoms with E-state index in [2.05, 4.69) is 20.8 Å². The highest BCUT2D eigenvalue weighted by Gasteiger charge is 2.47. The van der Waals surface area contributed by atoms with Gasteiger partial charge in [0.2, 0.25) is 0 Å². The fourth-order valence-corrected chi connectivity index (χ4v) is 4.63. The third-order valence-electron chi connectivity index (χ3n) is 6.71. The predicted octanol–water partition coefficient (Wildman–Crippen LogP) is 5.37. The molecular formula is C27H27F3N6O3. The first-order valence-electron chi connectivity index (χ1n) is 12.2. The molecule has 2 atom stereocenters. The molecule has 12 heteroatoms. The Labute approximate surface area is 222 Å². The van der Waals surface area contributed by atoms with Crippen LogP contribution >= 0.6 is 0 Å². The number of rotatable bonds is 7. The van der Waals surface area contributed by atoms with Crippen molar-refractivity contribution in [2.75, 3.05) is 24.9 Å². The van der Waals surface area contributed by atoms with E-state index in [1.807, 2.05) is 31.2 Å². The van der Waals surface area contributed by atoms with Crippen molar-refractivity contribution in [1.82, 2.24) is 19.6 Å². The van der Waals surface area contributed by atoms with Crippen molar-refractivity contribution in [1.29, 1.82) is 0 Å². The van der Waals surface area contributed by atoms with E-state index in [4.69, 9.17) is 9.47 Å². The summed E-state index contributed by atoms with van der Waals surface area (Å²) in [6.45, 7) is 2.51. The number of nitrogens with zero attached hydrogens (tertiary/aromatic N) is 4. The van der Waals surface area contributed by atoms with E-state index in [0.717, 1.165) is 15.8 Å². The van der Waals surface area contributed by atoms with Gasteiger partial charge in [-0.05, 0) is 35.7 Å². The molecule has 0 saturated carbocycles. The summed E-state index contributed by atoms with van der Waals surface area (Å²) in [5, 5.41) is 14.1. The number of halogens is 3. The quantitative estimate of drug-likeness (QED) is 0.328. The molecule has 0 aliphatic carbocycles. The van der Waals surface area contributed by atoms with Crippen molar-refractivity contribution in [2.24, 2.45) is 0 Å². The number of aromatic nitrogens is 4. The maximum atomic E-state index is 14.1. The Morgan fingerprint density at radius 2 is 1.85 bits per heavy atom. The molecule has 1 aliphatic rings. The Bertz CT molecular complexity index is 1500. The summed E-state index contributed by atoms with van der Waals surface area (Å²) >= 11 is 0. The van der Waals surface area contributed by atoms with E-state index >= 15 is 0 Å². The molecule has 2 aromatic carbocycles. The van der Waals surface area contributed by atoms with Gasteiger partial charge in [-0.2, -0.15) is 23.4 Å². The number of anilines is 2. The van der Waals surface area contributed by atoms with Gasteiger partial charge in [-0.15, -0.1) is 0 Å². The summed E-state index contributed by atoms with van der Waals surface area (Å²) in [5.41, 5.74) is 2.61. The summed E-state index contributed by atoms with van der Waals surface area (Å²) in [7, 11) is 2.94. The lowest BCUT2D eigenvalue weighted by molar-refractivity contribution is -0.173. The second kappa shape index (κ2) is 10.4. The Hall–Kier alpha value is -4.48. The lowest BCUT2D eigenvalue weighted by Gasteiger charge is -2.33. The number of carbonyl (C=O) groups excluding carboxylic acids is 1. The summed E-state index contributed by atoms with van der Waals surface area (Å²) in [6, 6.07) is 13.1. The van der Waals surface area contributed by atoms with E-state index < -0.39 is 24.2 Å². The lowest BCUT2D eigenvalue weighted by atomic mass is 9.96. The number of amides is 1. The standard InChI is InChI=1S/C27H27F3N6O3/c1-16-6-4-5-7-18(16)15-35-11-10-24(34-35)32-26(37)20-14-25-31-19(13-23(27(28,29)30)36(25)33-20)17-8-9-21(38-2)22(12-17)39-3/h4-12,14,19,23,31H,13,15H2,1-3H3,(H,32,34,37)/t19-,23-/m1/s1. The SMILES string of the molecule is COc1ccc([C@H]2C[C@H](C(F)(F)F)n3nc(C(=O)Nc4ccn(Cc5ccccc5C)n4)cc3N2)cc1OC. The molecule has 0 radical (unpaired) electrons. The summed E-state index contributed by atoms with van der Waals surface area (Å²) in [6.07, 6.45) is -3.19. The van der Waals surface area contributed by atoms with Gasteiger partial charge in [-0.25, -0.2) is 4.68 Å². The molecule has 0 saturated heterocycles. The number of nitrogens with one attached hydrogen (secondary N) is 2. The molecule has 4 aromatic rings. The van der Waals surface area contributed by atoms with E-state index in [9.17, 15) is 18.0 Å². The minimum atomic E-state index is -4.58. The number of ether oxygens (including phenoxy) is 2. The van der Waals surface area contributed by atoms with Crippen molar-refractivity contribution >= 4 is 17.5 Å². The number of hydrogen-bond donors (Lipinski definition) is 2. The zero-order chi connectivity index (χ0) is 27.7. The first-order chi connectivity index (χ1) is 18.7. The molecule has 9 nitrogen and oxygen atoms in total. The molecule has 39 heavy (non-hydrogen) atoms. The van der Waals surface area contributed by atoms with Gasteiger partial charge < -0.3 is 20.1 Å². The van der Waals surface area contributed by atoms with Crippen LogP contribution in [0.2, 0.25) is 0 Å². The summed E-state index contributed by atoms with van der Waals surface area (Å²) < 4.78 is 55.3. The average molecular weight is 541 g/mol. The van der Waals surface area contributed by atoms with Crippen LogP contribution in [0, 0.1) is 6.92 Å². The first kappa shape index (κ1) is 26.1. The fourth-order valence-electron chi connectivity index (χ4n) is 4.63. The van der Waals surface area contributed by atoms with Crippen LogP contribution < -0.4 is 20.1 Å². The van der Waals surface area contributed by atoms with Crippen molar-refractivity contribution in [3.63, 3.8) is 0 Å². The van der Waals surface area contributed by atoms with Crippen molar-refractivity contribution in [3.05, 3.63) is 83.2 Å². The van der Waals surface area contributed by atoms with Crippen molar-refractivity contribution < 1.29 is 27.4 Å². The van der Waals surface area contributed by atoms with Crippen LogP contribution in [0.25, 0.3) is 0 Å². The predicted molar refractivity (Wildman–Crippen MR) is 138 cm³/mol. The minimum absolute atomic E-state index is 0.0820. The Morgan fingerprint density at radius 3 is 2.56 bits per heavy atom. The van der Waals surface area contributed by atoms with Crippen LogP contribution in [0.4, 0.5) is 24.8 Å². The molecule has 2 N–H and O–H groups in total.